The van der Waals surface area contributed by atoms with Crippen molar-refractivity contribution in [3.8, 4) is 0 Å². The Hall–Kier alpha value is -1.39. The molecule has 170 valence electrons. The van der Waals surface area contributed by atoms with Gasteiger partial charge >= 0.3 is 5.97 Å². The molecule has 0 spiro atoms. The van der Waals surface area contributed by atoms with Gasteiger partial charge in [-0.2, -0.15) is 0 Å². The predicted molar refractivity (Wildman–Crippen MR) is 119 cm³/mol. The summed E-state index contributed by atoms with van der Waals surface area (Å²) in [5.41, 5.74) is 0. The van der Waals surface area contributed by atoms with Crippen molar-refractivity contribution in [2.24, 2.45) is 0 Å². The van der Waals surface area contributed by atoms with E-state index in [1.807, 2.05) is 6.92 Å². The van der Waals surface area contributed by atoms with Crippen LogP contribution in [0.5, 0.6) is 0 Å². The summed E-state index contributed by atoms with van der Waals surface area (Å²) in [5.74, 6) is -0.606. The number of carboxylic acid groups (broad SMARTS) is 1. The predicted octanol–water partition coefficient (Wildman–Crippen LogP) is 6.19. The Bertz CT molecular complexity index is 423. The van der Waals surface area contributed by atoms with Crippen LogP contribution in [0.15, 0.2) is 0 Å². The van der Waals surface area contributed by atoms with Crippen LogP contribution in [0.4, 0.5) is 0 Å². The Morgan fingerprint density at radius 1 is 0.552 bits per heavy atom. The van der Waals surface area contributed by atoms with Crippen molar-refractivity contribution in [1.29, 1.82) is 0 Å². The minimum atomic E-state index is -0.886. The molecule has 5 heteroatoms. The van der Waals surface area contributed by atoms with E-state index in [1.165, 1.54) is 77.0 Å². The van der Waals surface area contributed by atoms with Crippen LogP contribution < -0.4 is 5.32 Å². The molecule has 0 aromatic heterocycles. The molecule has 0 bridgehead atoms. The molecule has 5 nitrogen and oxygen atoms in total. The van der Waals surface area contributed by atoms with Crippen molar-refractivity contribution in [2.75, 3.05) is 6.54 Å². The Kier molecular flexibility index (Phi) is 20.3. The molecule has 0 heterocycles. The number of unbranched alkanes of at least 4 members (excludes halogenated alkanes) is 14. The van der Waals surface area contributed by atoms with Gasteiger partial charge in [0.2, 0.25) is 5.91 Å². The number of Topliss-reactive ketones (excluding diaryl/α,β-unsaturated/α-hetero) is 1. The first-order valence-corrected chi connectivity index (χ1v) is 12.1. The van der Waals surface area contributed by atoms with E-state index in [2.05, 4.69) is 5.32 Å². The van der Waals surface area contributed by atoms with Gasteiger partial charge in [-0.15, -0.1) is 0 Å². The molecule has 0 unspecified atom stereocenters. The summed E-state index contributed by atoms with van der Waals surface area (Å²) in [5, 5.41) is 11.4. The van der Waals surface area contributed by atoms with Crippen molar-refractivity contribution in [2.45, 2.75) is 129 Å². The maximum absolute atomic E-state index is 11.5. The molecule has 0 saturated carbocycles. The summed E-state index contributed by atoms with van der Waals surface area (Å²) in [6, 6.07) is 0. The number of nitrogens with one attached hydrogen (secondary N) is 1. The molecule has 0 aliphatic carbocycles. The Labute approximate surface area is 178 Å². The van der Waals surface area contributed by atoms with E-state index in [-0.39, 0.29) is 24.5 Å². The van der Waals surface area contributed by atoms with Crippen molar-refractivity contribution in [1.82, 2.24) is 5.32 Å². The molecule has 0 aliphatic heterocycles. The molecular formula is C24H45NO4. The van der Waals surface area contributed by atoms with Crippen molar-refractivity contribution < 1.29 is 19.5 Å². The molecule has 0 saturated heterocycles. The first-order chi connectivity index (χ1) is 14.1. The fourth-order valence-electron chi connectivity index (χ4n) is 3.56. The van der Waals surface area contributed by atoms with Crippen LogP contribution >= 0.6 is 0 Å². The summed E-state index contributed by atoms with van der Waals surface area (Å²) in [6.07, 6.45) is 19.9. The average Bonchev–Trinajstić information content (AvgIpc) is 2.68. The molecule has 2 N–H and O–H groups in total. The first-order valence-electron chi connectivity index (χ1n) is 12.1. The lowest BCUT2D eigenvalue weighted by Gasteiger charge is -2.04. The zero-order valence-electron chi connectivity index (χ0n) is 18.8. The minimum Gasteiger partial charge on any atom is -0.481 e. The third kappa shape index (κ3) is 22.8. The lowest BCUT2D eigenvalue weighted by atomic mass is 10.0. The second kappa shape index (κ2) is 21.3. The molecule has 0 aromatic rings. The van der Waals surface area contributed by atoms with E-state index in [1.54, 1.807) is 0 Å². The van der Waals surface area contributed by atoms with Gasteiger partial charge in [0.15, 0.2) is 0 Å². The maximum Gasteiger partial charge on any atom is 0.303 e. The van der Waals surface area contributed by atoms with Gasteiger partial charge < -0.3 is 10.4 Å². The van der Waals surface area contributed by atoms with Gasteiger partial charge in [0.05, 0.1) is 6.42 Å². The smallest absolute Gasteiger partial charge is 0.303 e. The van der Waals surface area contributed by atoms with Crippen LogP contribution in [-0.2, 0) is 14.4 Å². The van der Waals surface area contributed by atoms with E-state index >= 15 is 0 Å². The quantitative estimate of drug-likeness (QED) is 0.208. The third-order valence-electron chi connectivity index (χ3n) is 5.35. The van der Waals surface area contributed by atoms with Crippen LogP contribution in [-0.4, -0.2) is 29.3 Å². The fourth-order valence-corrected chi connectivity index (χ4v) is 3.56. The van der Waals surface area contributed by atoms with Gasteiger partial charge in [0.25, 0.3) is 0 Å². The number of carbonyl (C=O) groups is 3. The highest BCUT2D eigenvalue weighted by Crippen LogP contribution is 2.14. The number of hydrogen-bond acceptors (Lipinski definition) is 3. The second-order valence-electron chi connectivity index (χ2n) is 8.19. The van der Waals surface area contributed by atoms with Crippen LogP contribution in [0.1, 0.15) is 129 Å². The summed E-state index contributed by atoms with van der Waals surface area (Å²) < 4.78 is 0. The largest absolute Gasteiger partial charge is 0.481 e. The van der Waals surface area contributed by atoms with Crippen molar-refractivity contribution in [3.63, 3.8) is 0 Å². The lowest BCUT2D eigenvalue weighted by molar-refractivity contribution is -0.138. The molecule has 0 fully saturated rings. The monoisotopic (exact) mass is 411 g/mol. The molecule has 0 rings (SSSR count). The maximum atomic E-state index is 11.5. The zero-order valence-corrected chi connectivity index (χ0v) is 18.8. The Morgan fingerprint density at radius 2 is 0.931 bits per heavy atom. The van der Waals surface area contributed by atoms with Crippen molar-refractivity contribution in [3.05, 3.63) is 0 Å². The zero-order chi connectivity index (χ0) is 21.6. The third-order valence-corrected chi connectivity index (χ3v) is 5.35. The average molecular weight is 412 g/mol. The lowest BCUT2D eigenvalue weighted by Crippen LogP contribution is -2.21. The van der Waals surface area contributed by atoms with Gasteiger partial charge in [-0.1, -0.05) is 83.5 Å². The molecule has 0 aliphatic rings. The molecule has 0 radical (unpaired) electrons. The number of aliphatic carboxylic acids is 1. The van der Waals surface area contributed by atoms with E-state index in [4.69, 9.17) is 5.11 Å². The van der Waals surface area contributed by atoms with Crippen molar-refractivity contribution >= 4 is 17.7 Å². The van der Waals surface area contributed by atoms with Crippen LogP contribution in [0.3, 0.4) is 0 Å². The molecular weight excluding hydrogens is 366 g/mol. The molecule has 1 amide bonds. The normalized spacial score (nSPS) is 10.8. The van der Waals surface area contributed by atoms with Gasteiger partial charge in [-0.05, 0) is 19.8 Å². The number of hydrogen-bond donors (Lipinski definition) is 2. The molecule has 0 atom stereocenters. The summed E-state index contributed by atoms with van der Waals surface area (Å²) in [6.45, 7) is 2.69. The van der Waals surface area contributed by atoms with Gasteiger partial charge in [0.1, 0.15) is 5.78 Å². The summed E-state index contributed by atoms with van der Waals surface area (Å²) >= 11 is 0. The van der Waals surface area contributed by atoms with E-state index in [0.717, 1.165) is 25.8 Å². The van der Waals surface area contributed by atoms with E-state index in [0.29, 0.717) is 12.8 Å². The van der Waals surface area contributed by atoms with Gasteiger partial charge in [-0.3, -0.25) is 14.4 Å². The standard InChI is InChI=1S/C24H45NO4/c1-2-25-23(27)19-17-15-13-11-9-7-5-3-4-6-8-10-12-14-16-18-22(26)20-21-24(28)29/h2-21H2,1H3,(H,25,27)(H,28,29). The number of carboxylic acids is 1. The number of amides is 1. The minimum absolute atomic E-state index is 0.0297. The number of carbonyl (C=O) groups excluding carboxylic acids is 2. The Balaban J connectivity index is 3.14. The van der Waals surface area contributed by atoms with Crippen LogP contribution in [0.2, 0.25) is 0 Å². The van der Waals surface area contributed by atoms with E-state index in [9.17, 15) is 14.4 Å². The highest BCUT2D eigenvalue weighted by molar-refractivity contribution is 5.82. The summed E-state index contributed by atoms with van der Waals surface area (Å²) in [4.78, 5) is 33.2. The number of ketones is 1. The van der Waals surface area contributed by atoms with Crippen LogP contribution in [0.25, 0.3) is 0 Å². The topological polar surface area (TPSA) is 83.5 Å². The van der Waals surface area contributed by atoms with Crippen LogP contribution in [0, 0.1) is 0 Å². The van der Waals surface area contributed by atoms with Gasteiger partial charge in [0, 0.05) is 25.8 Å². The van der Waals surface area contributed by atoms with E-state index < -0.39 is 5.97 Å². The molecule has 29 heavy (non-hydrogen) atoms. The van der Waals surface area contributed by atoms with Gasteiger partial charge in [-0.25, -0.2) is 0 Å². The first kappa shape index (κ1) is 27.6. The highest BCUT2D eigenvalue weighted by atomic mass is 16.4. The summed E-state index contributed by atoms with van der Waals surface area (Å²) in [7, 11) is 0. The Morgan fingerprint density at radius 3 is 1.31 bits per heavy atom. The number of rotatable bonds is 22. The molecule has 0 aromatic carbocycles. The fraction of sp³-hybridized carbons (Fsp3) is 0.875. The highest BCUT2D eigenvalue weighted by Gasteiger charge is 2.05. The second-order valence-corrected chi connectivity index (χ2v) is 8.19. The SMILES string of the molecule is CCNC(=O)CCCCCCCCCCCCCCCCCC(=O)CCC(=O)O.